The predicted octanol–water partition coefficient (Wildman–Crippen LogP) is -0.584. The van der Waals surface area contributed by atoms with Crippen molar-refractivity contribution >= 4 is 27.8 Å². The molecule has 10 nitrogen and oxygen atoms in total. The number of carbonyl (C=O) groups excluding carboxylic acids is 2. The van der Waals surface area contributed by atoms with Crippen LogP contribution < -0.4 is 15.8 Å². The summed E-state index contributed by atoms with van der Waals surface area (Å²) < 4.78 is 30.4. The number of nitrogens with two attached hydrogens (primary N) is 1. The van der Waals surface area contributed by atoms with Gasteiger partial charge in [0, 0.05) is 0 Å². The van der Waals surface area contributed by atoms with E-state index in [1.54, 1.807) is 0 Å². The molecule has 1 aromatic rings. The number of unbranched alkanes of at least 4 members (excludes halogenated alkanes) is 1. The van der Waals surface area contributed by atoms with E-state index in [0.29, 0.717) is 6.42 Å². The number of furan rings is 1. The maximum atomic E-state index is 12.0. The van der Waals surface area contributed by atoms with E-state index in [9.17, 15) is 22.8 Å². The molecule has 0 aromatic carbocycles. The molecule has 1 aromatic heterocycles. The third-order valence-corrected chi connectivity index (χ3v) is 4.23. The third kappa shape index (κ3) is 5.66. The minimum absolute atomic E-state index is 0.240. The summed E-state index contributed by atoms with van der Waals surface area (Å²) in [7, 11) is -4.14. The highest BCUT2D eigenvalue weighted by Gasteiger charge is 2.24. The molecule has 134 valence electrons. The lowest BCUT2D eigenvalue weighted by Crippen LogP contribution is -2.40. The first-order valence-corrected chi connectivity index (χ1v) is 8.57. The first kappa shape index (κ1) is 19.6. The molecule has 1 heterocycles. The average Bonchev–Trinajstić information content (AvgIpc) is 3.00. The van der Waals surface area contributed by atoms with E-state index in [1.165, 1.54) is 0 Å². The van der Waals surface area contributed by atoms with Crippen LogP contribution in [0.2, 0.25) is 0 Å². The summed E-state index contributed by atoms with van der Waals surface area (Å²) in [6.07, 6.45) is 1.60. The number of rotatable bonds is 10. The molecule has 0 aliphatic carbocycles. The molecule has 0 bridgehead atoms. The molecule has 0 saturated heterocycles. The van der Waals surface area contributed by atoms with Gasteiger partial charge in [0.25, 0.3) is 15.9 Å². The molecule has 0 spiro atoms. The number of carboxylic acids is 1. The van der Waals surface area contributed by atoms with Crippen LogP contribution in [0.15, 0.2) is 21.6 Å². The van der Waals surface area contributed by atoms with Gasteiger partial charge in [-0.25, -0.2) is 13.2 Å². The second-order valence-corrected chi connectivity index (χ2v) is 6.61. The molecule has 2 amide bonds. The fraction of sp³-hybridized carbons (Fsp3) is 0.462. The van der Waals surface area contributed by atoms with Gasteiger partial charge in [-0.05, 0) is 18.6 Å². The maximum Gasteiger partial charge on any atom is 0.326 e. The third-order valence-electron chi connectivity index (χ3n) is 2.96. The second kappa shape index (κ2) is 8.45. The molecule has 0 aliphatic rings. The van der Waals surface area contributed by atoms with Crippen LogP contribution in [0.1, 0.15) is 36.7 Å². The SMILES string of the molecule is CCCC[C@H](NC(=O)c1ccc(S(=O)(=O)NCC(N)=O)o1)C(=O)O. The Kier molecular flexibility index (Phi) is 6.92. The largest absolute Gasteiger partial charge is 0.480 e. The Morgan fingerprint density at radius 3 is 2.54 bits per heavy atom. The zero-order valence-corrected chi connectivity index (χ0v) is 13.8. The van der Waals surface area contributed by atoms with Gasteiger partial charge in [0.1, 0.15) is 6.04 Å². The molecular formula is C13H19N3O7S. The van der Waals surface area contributed by atoms with Crippen LogP contribution in [0, 0.1) is 0 Å². The summed E-state index contributed by atoms with van der Waals surface area (Å²) in [5, 5.41) is 10.7. The second-order valence-electron chi connectivity index (χ2n) is 4.92. The van der Waals surface area contributed by atoms with E-state index in [1.807, 2.05) is 11.6 Å². The Morgan fingerprint density at radius 1 is 1.33 bits per heavy atom. The van der Waals surface area contributed by atoms with E-state index < -0.39 is 45.5 Å². The topological polar surface area (TPSA) is 169 Å². The number of hydrogen-bond acceptors (Lipinski definition) is 6. The Bertz CT molecular complexity index is 711. The normalized spacial score (nSPS) is 12.5. The zero-order chi connectivity index (χ0) is 18.3. The van der Waals surface area contributed by atoms with Crippen molar-refractivity contribution in [1.82, 2.24) is 10.0 Å². The van der Waals surface area contributed by atoms with Gasteiger partial charge in [-0.15, -0.1) is 0 Å². The van der Waals surface area contributed by atoms with Gasteiger partial charge in [-0.1, -0.05) is 19.8 Å². The standard InChI is InChI=1S/C13H19N3O7S/c1-2-3-4-8(13(19)20)16-12(18)9-5-6-11(23-9)24(21,22)15-7-10(14)17/h5-6,8,15H,2-4,7H2,1H3,(H2,14,17)(H,16,18)(H,19,20)/t8-/m0/s1. The molecule has 0 saturated carbocycles. The number of carboxylic acid groups (broad SMARTS) is 1. The molecule has 1 atom stereocenters. The van der Waals surface area contributed by atoms with E-state index >= 15 is 0 Å². The minimum atomic E-state index is -4.14. The van der Waals surface area contributed by atoms with Gasteiger partial charge < -0.3 is 20.6 Å². The summed E-state index contributed by atoms with van der Waals surface area (Å²) in [5.74, 6) is -3.30. The van der Waals surface area contributed by atoms with E-state index in [-0.39, 0.29) is 12.2 Å². The van der Waals surface area contributed by atoms with Crippen molar-refractivity contribution < 1.29 is 32.3 Å². The summed E-state index contributed by atoms with van der Waals surface area (Å²) in [5.41, 5.74) is 4.84. The zero-order valence-electron chi connectivity index (χ0n) is 12.9. The van der Waals surface area contributed by atoms with Gasteiger partial charge in [-0.3, -0.25) is 9.59 Å². The van der Waals surface area contributed by atoms with Crippen LogP contribution in [0.25, 0.3) is 0 Å². The van der Waals surface area contributed by atoms with Crippen LogP contribution in [-0.2, 0) is 19.6 Å². The Labute approximate surface area is 138 Å². The van der Waals surface area contributed by atoms with E-state index in [0.717, 1.165) is 18.6 Å². The number of sulfonamides is 1. The maximum absolute atomic E-state index is 12.0. The number of hydrogen-bond donors (Lipinski definition) is 4. The predicted molar refractivity (Wildman–Crippen MR) is 81.5 cm³/mol. The van der Waals surface area contributed by atoms with Crippen LogP contribution in [0.3, 0.4) is 0 Å². The van der Waals surface area contributed by atoms with Crippen molar-refractivity contribution in [2.24, 2.45) is 5.73 Å². The summed E-state index contributed by atoms with van der Waals surface area (Å²) in [6, 6.07) is 1.00. The van der Waals surface area contributed by atoms with Crippen molar-refractivity contribution in [3.8, 4) is 0 Å². The summed E-state index contributed by atoms with van der Waals surface area (Å²) in [6.45, 7) is 1.26. The lowest BCUT2D eigenvalue weighted by atomic mass is 10.1. The smallest absolute Gasteiger partial charge is 0.326 e. The fourth-order valence-corrected chi connectivity index (χ4v) is 2.64. The summed E-state index contributed by atoms with van der Waals surface area (Å²) >= 11 is 0. The molecule has 1 rings (SSSR count). The quantitative estimate of drug-likeness (QED) is 0.432. The number of nitrogens with one attached hydrogen (secondary N) is 2. The highest BCUT2D eigenvalue weighted by Crippen LogP contribution is 2.14. The number of amides is 2. The van der Waals surface area contributed by atoms with Crippen molar-refractivity contribution in [3.05, 3.63) is 17.9 Å². The van der Waals surface area contributed by atoms with Crippen LogP contribution >= 0.6 is 0 Å². The van der Waals surface area contributed by atoms with Gasteiger partial charge in [-0.2, -0.15) is 4.72 Å². The highest BCUT2D eigenvalue weighted by atomic mass is 32.2. The van der Waals surface area contributed by atoms with Crippen LogP contribution in [0.4, 0.5) is 0 Å². The molecule has 0 unspecified atom stereocenters. The van der Waals surface area contributed by atoms with E-state index in [2.05, 4.69) is 5.32 Å². The first-order valence-electron chi connectivity index (χ1n) is 7.08. The van der Waals surface area contributed by atoms with Crippen molar-refractivity contribution in [1.29, 1.82) is 0 Å². The monoisotopic (exact) mass is 361 g/mol. The van der Waals surface area contributed by atoms with Gasteiger partial charge >= 0.3 is 5.97 Å². The van der Waals surface area contributed by atoms with Gasteiger partial charge in [0.05, 0.1) is 6.54 Å². The molecule has 5 N–H and O–H groups in total. The molecule has 0 fully saturated rings. The van der Waals surface area contributed by atoms with Gasteiger partial charge in [0.2, 0.25) is 11.0 Å². The Morgan fingerprint density at radius 2 is 2.00 bits per heavy atom. The lowest BCUT2D eigenvalue weighted by Gasteiger charge is -2.12. The lowest BCUT2D eigenvalue weighted by molar-refractivity contribution is -0.139. The fourth-order valence-electron chi connectivity index (χ4n) is 1.72. The molecule has 11 heteroatoms. The van der Waals surface area contributed by atoms with Crippen LogP contribution in [-0.4, -0.2) is 43.9 Å². The van der Waals surface area contributed by atoms with Crippen molar-refractivity contribution in [2.75, 3.05) is 6.54 Å². The Hall–Kier alpha value is -2.40. The van der Waals surface area contributed by atoms with Gasteiger partial charge in [0.15, 0.2) is 5.76 Å². The number of aliphatic carboxylic acids is 1. The Balaban J connectivity index is 2.81. The van der Waals surface area contributed by atoms with Crippen LogP contribution in [0.5, 0.6) is 0 Å². The highest BCUT2D eigenvalue weighted by molar-refractivity contribution is 7.89. The number of carbonyl (C=O) groups is 3. The molecule has 24 heavy (non-hydrogen) atoms. The molecule has 0 aliphatic heterocycles. The van der Waals surface area contributed by atoms with Crippen molar-refractivity contribution in [3.63, 3.8) is 0 Å². The first-order chi connectivity index (χ1) is 11.2. The number of primary amides is 1. The minimum Gasteiger partial charge on any atom is -0.480 e. The van der Waals surface area contributed by atoms with E-state index in [4.69, 9.17) is 15.3 Å². The summed E-state index contributed by atoms with van der Waals surface area (Å²) in [4.78, 5) is 33.7. The average molecular weight is 361 g/mol. The molecular weight excluding hydrogens is 342 g/mol. The van der Waals surface area contributed by atoms with Crippen molar-refractivity contribution in [2.45, 2.75) is 37.3 Å². The molecule has 0 radical (unpaired) electrons.